The van der Waals surface area contributed by atoms with Gasteiger partial charge in [0.1, 0.15) is 0 Å². The highest BCUT2D eigenvalue weighted by Gasteiger charge is 2.34. The molecule has 2 aromatic rings. The van der Waals surface area contributed by atoms with E-state index in [-0.39, 0.29) is 11.6 Å². The fourth-order valence-corrected chi connectivity index (χ4v) is 4.72. The van der Waals surface area contributed by atoms with Crippen molar-refractivity contribution in [3.05, 3.63) is 35.9 Å². The van der Waals surface area contributed by atoms with Crippen LogP contribution in [0.1, 0.15) is 70.3 Å². The summed E-state index contributed by atoms with van der Waals surface area (Å²) in [5, 5.41) is 12.8. The Morgan fingerprint density at radius 2 is 1.64 bits per heavy atom. The first kappa shape index (κ1) is 19.5. The summed E-state index contributed by atoms with van der Waals surface area (Å²) in [6.07, 6.45) is 10.7. The van der Waals surface area contributed by atoms with Gasteiger partial charge in [-0.3, -0.25) is 14.8 Å². The van der Waals surface area contributed by atoms with Crippen LogP contribution >= 0.6 is 0 Å². The lowest BCUT2D eigenvalue weighted by Gasteiger charge is -2.43. The van der Waals surface area contributed by atoms with Crippen LogP contribution in [0.5, 0.6) is 0 Å². The van der Waals surface area contributed by atoms with Crippen molar-refractivity contribution in [1.82, 2.24) is 35.0 Å². The number of piperazine rings is 1. The summed E-state index contributed by atoms with van der Waals surface area (Å²) < 4.78 is 1.98. The van der Waals surface area contributed by atoms with Crippen LogP contribution in [-0.2, 0) is 5.54 Å². The lowest BCUT2D eigenvalue weighted by molar-refractivity contribution is 0.0609. The van der Waals surface area contributed by atoms with Gasteiger partial charge in [-0.25, -0.2) is 4.68 Å². The van der Waals surface area contributed by atoms with Gasteiger partial charge in [0, 0.05) is 44.6 Å². The van der Waals surface area contributed by atoms with Crippen LogP contribution < -0.4 is 0 Å². The van der Waals surface area contributed by atoms with Gasteiger partial charge in [-0.15, -0.1) is 5.10 Å². The molecule has 3 heterocycles. The Morgan fingerprint density at radius 1 is 0.964 bits per heavy atom. The Labute approximate surface area is 168 Å². The maximum absolute atomic E-state index is 4.47. The molecule has 0 aromatic carbocycles. The third-order valence-corrected chi connectivity index (χ3v) is 6.20. The quantitative estimate of drug-likeness (QED) is 0.809. The van der Waals surface area contributed by atoms with Gasteiger partial charge >= 0.3 is 0 Å². The second kappa shape index (κ2) is 8.25. The van der Waals surface area contributed by atoms with Gasteiger partial charge in [0.15, 0.2) is 5.82 Å². The number of pyridine rings is 1. The molecule has 1 aliphatic carbocycles. The SMILES string of the molecule is CC(C)(C)n1nnnc1[C@H](c1ccncc1)N1CCN(C2CCCCC2)CC1. The fraction of sp³-hybridized carbons (Fsp3) is 0.714. The van der Waals surface area contributed by atoms with E-state index >= 15 is 0 Å². The van der Waals surface area contributed by atoms with Crippen molar-refractivity contribution in [1.29, 1.82) is 0 Å². The molecule has 0 bridgehead atoms. The largest absolute Gasteiger partial charge is 0.298 e. The van der Waals surface area contributed by atoms with Crippen LogP contribution in [0.25, 0.3) is 0 Å². The summed E-state index contributed by atoms with van der Waals surface area (Å²) in [7, 11) is 0. The molecule has 0 radical (unpaired) electrons. The molecule has 0 unspecified atom stereocenters. The minimum atomic E-state index is -0.159. The Bertz CT molecular complexity index is 738. The molecule has 2 aliphatic rings. The topological polar surface area (TPSA) is 63.0 Å². The molecule has 1 saturated carbocycles. The molecule has 0 N–H and O–H groups in total. The Balaban J connectivity index is 1.57. The van der Waals surface area contributed by atoms with Crippen LogP contribution in [-0.4, -0.2) is 67.2 Å². The fourth-order valence-electron chi connectivity index (χ4n) is 4.72. The van der Waals surface area contributed by atoms with E-state index in [9.17, 15) is 0 Å². The maximum Gasteiger partial charge on any atom is 0.173 e. The lowest BCUT2D eigenvalue weighted by Crippen LogP contribution is -2.52. The highest BCUT2D eigenvalue weighted by molar-refractivity contribution is 5.23. The zero-order valence-corrected chi connectivity index (χ0v) is 17.5. The number of hydrogen-bond donors (Lipinski definition) is 0. The Kier molecular flexibility index (Phi) is 5.73. The normalized spacial score (nSPS) is 21.7. The maximum atomic E-state index is 4.47. The molecule has 1 saturated heterocycles. The van der Waals surface area contributed by atoms with Crippen LogP contribution in [0.15, 0.2) is 24.5 Å². The van der Waals surface area contributed by atoms with Gasteiger partial charge in [-0.1, -0.05) is 19.3 Å². The molecule has 7 heteroatoms. The van der Waals surface area contributed by atoms with Crippen LogP contribution in [0.3, 0.4) is 0 Å². The van der Waals surface area contributed by atoms with E-state index in [0.29, 0.717) is 0 Å². The summed E-state index contributed by atoms with van der Waals surface area (Å²) in [5.41, 5.74) is 1.05. The van der Waals surface area contributed by atoms with Crippen LogP contribution in [0.4, 0.5) is 0 Å². The first-order valence-electron chi connectivity index (χ1n) is 10.7. The van der Waals surface area contributed by atoms with Gasteiger partial charge < -0.3 is 0 Å². The number of hydrogen-bond acceptors (Lipinski definition) is 6. The molecule has 1 atom stereocenters. The number of aromatic nitrogens is 5. The Morgan fingerprint density at radius 3 is 2.29 bits per heavy atom. The minimum Gasteiger partial charge on any atom is -0.298 e. The molecule has 0 amide bonds. The first-order valence-corrected chi connectivity index (χ1v) is 10.7. The molecule has 2 fully saturated rings. The van der Waals surface area contributed by atoms with E-state index < -0.39 is 0 Å². The van der Waals surface area contributed by atoms with Gasteiger partial charge in [0.25, 0.3) is 0 Å². The molecule has 1 aliphatic heterocycles. The summed E-state index contributed by atoms with van der Waals surface area (Å²) >= 11 is 0. The molecule has 28 heavy (non-hydrogen) atoms. The monoisotopic (exact) mass is 383 g/mol. The van der Waals surface area contributed by atoms with E-state index in [4.69, 9.17) is 0 Å². The molecule has 152 valence electrons. The Hall–Kier alpha value is -1.86. The summed E-state index contributed by atoms with van der Waals surface area (Å²) in [6, 6.07) is 5.04. The average Bonchev–Trinajstić information content (AvgIpc) is 3.20. The third kappa shape index (κ3) is 4.10. The smallest absolute Gasteiger partial charge is 0.173 e. The standard InChI is InChI=1S/C21H33N7/c1-21(2,3)28-20(23-24-25-28)19(17-9-11-22-12-10-17)27-15-13-26(14-16-27)18-7-5-4-6-8-18/h9-12,18-19H,4-8,13-16H2,1-3H3/t19-/m0/s1. The number of rotatable bonds is 4. The van der Waals surface area contributed by atoms with Crippen molar-refractivity contribution >= 4 is 0 Å². The van der Waals surface area contributed by atoms with Crippen molar-refractivity contribution in [3.8, 4) is 0 Å². The average molecular weight is 384 g/mol. The van der Waals surface area contributed by atoms with Gasteiger partial charge in [0.2, 0.25) is 0 Å². The van der Waals surface area contributed by atoms with Crippen LogP contribution in [0.2, 0.25) is 0 Å². The van der Waals surface area contributed by atoms with Crippen molar-refractivity contribution in [2.75, 3.05) is 26.2 Å². The third-order valence-electron chi connectivity index (χ3n) is 6.20. The molecular weight excluding hydrogens is 350 g/mol. The number of nitrogens with zero attached hydrogens (tertiary/aromatic N) is 7. The van der Waals surface area contributed by atoms with E-state index in [2.05, 4.69) is 63.2 Å². The summed E-state index contributed by atoms with van der Waals surface area (Å²) in [5.74, 6) is 0.921. The van der Waals surface area contributed by atoms with Crippen LogP contribution in [0, 0.1) is 0 Å². The molecular formula is C21H33N7. The summed E-state index contributed by atoms with van der Waals surface area (Å²) in [6.45, 7) is 10.8. The van der Waals surface area contributed by atoms with Crippen molar-refractivity contribution in [2.24, 2.45) is 0 Å². The minimum absolute atomic E-state index is 0.0609. The first-order chi connectivity index (χ1) is 13.5. The van der Waals surface area contributed by atoms with E-state index in [1.165, 1.54) is 37.7 Å². The summed E-state index contributed by atoms with van der Waals surface area (Å²) in [4.78, 5) is 9.47. The lowest BCUT2D eigenvalue weighted by atomic mass is 9.93. The van der Waals surface area contributed by atoms with Crippen molar-refractivity contribution in [3.63, 3.8) is 0 Å². The number of tetrazole rings is 1. The zero-order valence-electron chi connectivity index (χ0n) is 17.5. The molecule has 7 nitrogen and oxygen atoms in total. The van der Waals surface area contributed by atoms with E-state index in [0.717, 1.165) is 38.0 Å². The van der Waals surface area contributed by atoms with Gasteiger partial charge in [-0.2, -0.15) is 0 Å². The molecule has 0 spiro atoms. The van der Waals surface area contributed by atoms with Gasteiger partial charge in [0.05, 0.1) is 11.6 Å². The predicted octanol–water partition coefficient (Wildman–Crippen LogP) is 2.86. The van der Waals surface area contributed by atoms with Gasteiger partial charge in [-0.05, 0) is 61.7 Å². The highest BCUT2D eigenvalue weighted by Crippen LogP contribution is 2.31. The zero-order chi connectivity index (χ0) is 19.6. The van der Waals surface area contributed by atoms with Crippen molar-refractivity contribution in [2.45, 2.75) is 70.5 Å². The molecule has 4 rings (SSSR count). The highest BCUT2D eigenvalue weighted by atomic mass is 15.6. The van der Waals surface area contributed by atoms with E-state index in [1.807, 2.05) is 17.1 Å². The second-order valence-corrected chi connectivity index (χ2v) is 9.17. The predicted molar refractivity (Wildman–Crippen MR) is 109 cm³/mol. The van der Waals surface area contributed by atoms with Crippen molar-refractivity contribution < 1.29 is 0 Å². The second-order valence-electron chi connectivity index (χ2n) is 9.17. The molecule has 2 aromatic heterocycles. The van der Waals surface area contributed by atoms with E-state index in [1.54, 1.807) is 0 Å².